The second-order valence-electron chi connectivity index (χ2n) is 3.93. The standard InChI is InChI=1S/C11H18N2O2/c1-8(2)11-12-9(7-13(11)3)5-6-10(14)15-4/h7-8H,5-6H2,1-4H3. The van der Waals surface area contributed by atoms with E-state index in [0.29, 0.717) is 18.8 Å². The maximum absolute atomic E-state index is 11.0. The van der Waals surface area contributed by atoms with E-state index in [1.54, 1.807) is 0 Å². The van der Waals surface area contributed by atoms with Gasteiger partial charge in [0.05, 0.1) is 19.2 Å². The molecule has 0 fully saturated rings. The van der Waals surface area contributed by atoms with Gasteiger partial charge in [-0.1, -0.05) is 13.8 Å². The molecule has 84 valence electrons. The predicted molar refractivity (Wildman–Crippen MR) is 57.6 cm³/mol. The minimum absolute atomic E-state index is 0.188. The highest BCUT2D eigenvalue weighted by Gasteiger charge is 2.10. The Hall–Kier alpha value is -1.32. The van der Waals surface area contributed by atoms with Gasteiger partial charge in [-0.25, -0.2) is 4.98 Å². The Labute approximate surface area is 90.3 Å². The topological polar surface area (TPSA) is 44.1 Å². The first-order valence-corrected chi connectivity index (χ1v) is 5.13. The number of nitrogens with zero attached hydrogens (tertiary/aromatic N) is 2. The minimum Gasteiger partial charge on any atom is -0.469 e. The van der Waals surface area contributed by atoms with Gasteiger partial charge in [-0.05, 0) is 0 Å². The van der Waals surface area contributed by atoms with Crippen molar-refractivity contribution in [1.29, 1.82) is 0 Å². The third kappa shape index (κ3) is 3.08. The number of methoxy groups -OCH3 is 1. The van der Waals surface area contributed by atoms with E-state index >= 15 is 0 Å². The van der Waals surface area contributed by atoms with E-state index in [9.17, 15) is 4.79 Å². The third-order valence-corrected chi connectivity index (χ3v) is 2.29. The number of esters is 1. The van der Waals surface area contributed by atoms with Crippen molar-refractivity contribution in [2.45, 2.75) is 32.6 Å². The number of ether oxygens (including phenoxy) is 1. The molecule has 4 nitrogen and oxygen atoms in total. The molecule has 0 saturated carbocycles. The van der Waals surface area contributed by atoms with Gasteiger partial charge in [-0.3, -0.25) is 4.79 Å². The zero-order chi connectivity index (χ0) is 11.4. The summed E-state index contributed by atoms with van der Waals surface area (Å²) in [4.78, 5) is 15.4. The monoisotopic (exact) mass is 210 g/mol. The van der Waals surface area contributed by atoms with Gasteiger partial charge in [0.25, 0.3) is 0 Å². The van der Waals surface area contributed by atoms with Crippen LogP contribution < -0.4 is 0 Å². The number of carbonyl (C=O) groups excluding carboxylic acids is 1. The lowest BCUT2D eigenvalue weighted by atomic mass is 10.2. The number of aryl methyl sites for hydroxylation is 2. The van der Waals surface area contributed by atoms with E-state index in [1.807, 2.05) is 17.8 Å². The Morgan fingerprint density at radius 3 is 2.73 bits per heavy atom. The molecule has 0 radical (unpaired) electrons. The van der Waals surface area contributed by atoms with Gasteiger partial charge in [-0.15, -0.1) is 0 Å². The molecule has 15 heavy (non-hydrogen) atoms. The molecule has 0 bridgehead atoms. The van der Waals surface area contributed by atoms with E-state index in [4.69, 9.17) is 0 Å². The predicted octanol–water partition coefficient (Wildman–Crippen LogP) is 1.65. The summed E-state index contributed by atoms with van der Waals surface area (Å²) in [7, 11) is 3.38. The Morgan fingerprint density at radius 1 is 1.60 bits per heavy atom. The molecule has 0 aromatic carbocycles. The summed E-state index contributed by atoms with van der Waals surface area (Å²) in [5.74, 6) is 1.27. The Balaban J connectivity index is 2.63. The highest BCUT2D eigenvalue weighted by atomic mass is 16.5. The lowest BCUT2D eigenvalue weighted by molar-refractivity contribution is -0.140. The molecule has 0 spiro atoms. The van der Waals surface area contributed by atoms with Crippen molar-refractivity contribution >= 4 is 5.97 Å². The summed E-state index contributed by atoms with van der Waals surface area (Å²) < 4.78 is 6.59. The second kappa shape index (κ2) is 4.96. The van der Waals surface area contributed by atoms with Crippen molar-refractivity contribution in [2.24, 2.45) is 7.05 Å². The van der Waals surface area contributed by atoms with Crippen LogP contribution in [0.1, 0.15) is 37.7 Å². The number of hydrogen-bond donors (Lipinski definition) is 0. The number of imidazole rings is 1. The van der Waals surface area contributed by atoms with E-state index in [-0.39, 0.29) is 5.97 Å². The molecule has 0 saturated heterocycles. The Morgan fingerprint density at radius 2 is 2.27 bits per heavy atom. The van der Waals surface area contributed by atoms with Gasteiger partial charge < -0.3 is 9.30 Å². The van der Waals surface area contributed by atoms with Crippen molar-refractivity contribution in [1.82, 2.24) is 9.55 Å². The van der Waals surface area contributed by atoms with Crippen molar-refractivity contribution in [3.05, 3.63) is 17.7 Å². The fourth-order valence-electron chi connectivity index (χ4n) is 1.53. The smallest absolute Gasteiger partial charge is 0.305 e. The molecular weight excluding hydrogens is 192 g/mol. The molecule has 0 unspecified atom stereocenters. The summed E-state index contributed by atoms with van der Waals surface area (Å²) >= 11 is 0. The molecule has 0 aliphatic rings. The van der Waals surface area contributed by atoms with E-state index in [2.05, 4.69) is 23.6 Å². The highest BCUT2D eigenvalue weighted by Crippen LogP contribution is 2.13. The van der Waals surface area contributed by atoms with Crippen LogP contribution in [-0.2, 0) is 23.0 Å². The molecule has 1 rings (SSSR count). The molecule has 0 atom stereocenters. The zero-order valence-corrected chi connectivity index (χ0v) is 9.78. The normalized spacial score (nSPS) is 10.7. The largest absolute Gasteiger partial charge is 0.469 e. The third-order valence-electron chi connectivity index (χ3n) is 2.29. The Kier molecular flexibility index (Phi) is 3.88. The van der Waals surface area contributed by atoms with Crippen LogP contribution in [0.2, 0.25) is 0 Å². The average Bonchev–Trinajstić information content (AvgIpc) is 2.56. The minimum atomic E-state index is -0.188. The average molecular weight is 210 g/mol. The lowest BCUT2D eigenvalue weighted by Crippen LogP contribution is -2.02. The second-order valence-corrected chi connectivity index (χ2v) is 3.93. The number of hydrogen-bond acceptors (Lipinski definition) is 3. The maximum atomic E-state index is 11.0. The molecule has 0 amide bonds. The van der Waals surface area contributed by atoms with Gasteiger partial charge in [0.2, 0.25) is 0 Å². The Bertz CT molecular complexity index is 342. The molecule has 0 aliphatic carbocycles. The zero-order valence-electron chi connectivity index (χ0n) is 9.78. The molecule has 1 aromatic rings. The molecule has 1 heterocycles. The highest BCUT2D eigenvalue weighted by molar-refractivity contribution is 5.69. The number of carbonyl (C=O) groups is 1. The fraction of sp³-hybridized carbons (Fsp3) is 0.636. The van der Waals surface area contributed by atoms with Crippen LogP contribution in [0.25, 0.3) is 0 Å². The molecule has 0 N–H and O–H groups in total. The van der Waals surface area contributed by atoms with Crippen LogP contribution >= 0.6 is 0 Å². The quantitative estimate of drug-likeness (QED) is 0.710. The lowest BCUT2D eigenvalue weighted by Gasteiger charge is -2.02. The van der Waals surface area contributed by atoms with E-state index in [1.165, 1.54) is 7.11 Å². The van der Waals surface area contributed by atoms with Crippen LogP contribution in [0.15, 0.2) is 6.20 Å². The van der Waals surface area contributed by atoms with Crippen LogP contribution in [0.4, 0.5) is 0 Å². The number of aromatic nitrogens is 2. The van der Waals surface area contributed by atoms with Gasteiger partial charge in [0.15, 0.2) is 0 Å². The summed E-state index contributed by atoms with van der Waals surface area (Å²) in [5, 5.41) is 0. The van der Waals surface area contributed by atoms with E-state index < -0.39 is 0 Å². The summed E-state index contributed by atoms with van der Waals surface area (Å²) in [6, 6.07) is 0. The van der Waals surface area contributed by atoms with Crippen LogP contribution in [0, 0.1) is 0 Å². The van der Waals surface area contributed by atoms with E-state index in [0.717, 1.165) is 11.5 Å². The van der Waals surface area contributed by atoms with Crippen LogP contribution in [0.3, 0.4) is 0 Å². The molecule has 0 aliphatic heterocycles. The van der Waals surface area contributed by atoms with Crippen molar-refractivity contribution in [2.75, 3.05) is 7.11 Å². The van der Waals surface area contributed by atoms with Gasteiger partial charge in [0, 0.05) is 25.6 Å². The van der Waals surface area contributed by atoms with Crippen LogP contribution in [-0.4, -0.2) is 22.6 Å². The summed E-state index contributed by atoms with van der Waals surface area (Å²) in [6.07, 6.45) is 3.01. The van der Waals surface area contributed by atoms with Gasteiger partial charge in [-0.2, -0.15) is 0 Å². The number of rotatable bonds is 4. The molecule has 4 heteroatoms. The molecular formula is C11H18N2O2. The maximum Gasteiger partial charge on any atom is 0.305 e. The first-order valence-electron chi connectivity index (χ1n) is 5.13. The SMILES string of the molecule is COC(=O)CCc1cn(C)c(C(C)C)n1. The summed E-state index contributed by atoms with van der Waals surface area (Å²) in [6.45, 7) is 4.21. The van der Waals surface area contributed by atoms with Crippen molar-refractivity contribution in [3.8, 4) is 0 Å². The van der Waals surface area contributed by atoms with Crippen molar-refractivity contribution in [3.63, 3.8) is 0 Å². The first-order chi connectivity index (χ1) is 7.04. The van der Waals surface area contributed by atoms with Crippen LogP contribution in [0.5, 0.6) is 0 Å². The first kappa shape index (κ1) is 11.8. The molecule has 1 aromatic heterocycles. The van der Waals surface area contributed by atoms with Gasteiger partial charge >= 0.3 is 5.97 Å². The fourth-order valence-corrected chi connectivity index (χ4v) is 1.53. The van der Waals surface area contributed by atoms with Crippen molar-refractivity contribution < 1.29 is 9.53 Å². The summed E-state index contributed by atoms with van der Waals surface area (Å²) in [5.41, 5.74) is 0.951. The van der Waals surface area contributed by atoms with Gasteiger partial charge in [0.1, 0.15) is 5.82 Å².